The molecule has 20 heavy (non-hydrogen) atoms. The van der Waals surface area contributed by atoms with Crippen molar-refractivity contribution in [2.45, 2.75) is 47.0 Å². The Morgan fingerprint density at radius 1 is 1.15 bits per heavy atom. The van der Waals surface area contributed by atoms with E-state index in [1.807, 2.05) is 39.8 Å². The van der Waals surface area contributed by atoms with Crippen LogP contribution in [-0.2, 0) is 17.6 Å². The summed E-state index contributed by atoms with van der Waals surface area (Å²) in [7, 11) is 0. The van der Waals surface area contributed by atoms with Crippen LogP contribution in [0.15, 0.2) is 17.2 Å². The van der Waals surface area contributed by atoms with Gasteiger partial charge in [-0.15, -0.1) is 0 Å². The summed E-state index contributed by atoms with van der Waals surface area (Å²) >= 11 is 0. The summed E-state index contributed by atoms with van der Waals surface area (Å²) in [5.74, 6) is -1.19. The van der Waals surface area contributed by atoms with Crippen LogP contribution in [0.2, 0.25) is 0 Å². The summed E-state index contributed by atoms with van der Waals surface area (Å²) in [5.41, 5.74) is 5.76. The molecule has 1 N–H and O–H groups in total. The number of benzene rings is 1. The molecule has 0 aliphatic carbocycles. The molecule has 0 heterocycles. The summed E-state index contributed by atoms with van der Waals surface area (Å²) in [4.78, 5) is 24.2. The summed E-state index contributed by atoms with van der Waals surface area (Å²) < 4.78 is 0. The van der Waals surface area contributed by atoms with Gasteiger partial charge in [0.05, 0.1) is 0 Å². The lowest BCUT2D eigenvalue weighted by atomic mass is 9.92. The molecule has 1 rings (SSSR count). The fourth-order valence-electron chi connectivity index (χ4n) is 2.15. The molecule has 108 valence electrons. The Hall–Kier alpha value is -1.97. The third-order valence-electron chi connectivity index (χ3n) is 3.08. The largest absolute Gasteiger partial charge is 0.312 e. The second kappa shape index (κ2) is 7.58. The number of ketones is 1. The molecule has 1 aromatic carbocycles. The van der Waals surface area contributed by atoms with Gasteiger partial charge in [0.1, 0.15) is 0 Å². The predicted octanol–water partition coefficient (Wildman–Crippen LogP) is 2.81. The molecule has 0 aromatic heterocycles. The topological polar surface area (TPSA) is 58.5 Å². The fourth-order valence-corrected chi connectivity index (χ4v) is 2.15. The number of carbonyl (C=O) groups excluding carboxylic acids is 2. The number of carbonyl (C=O) groups is 2. The van der Waals surface area contributed by atoms with Crippen molar-refractivity contribution >= 4 is 17.9 Å². The quantitative estimate of drug-likeness (QED) is 0.375. The Morgan fingerprint density at radius 2 is 1.70 bits per heavy atom. The van der Waals surface area contributed by atoms with Gasteiger partial charge in [-0.3, -0.25) is 9.59 Å². The maximum Gasteiger partial charge on any atom is 0.312 e. The van der Waals surface area contributed by atoms with Gasteiger partial charge >= 0.3 is 5.91 Å². The highest BCUT2D eigenvalue weighted by Gasteiger charge is 2.22. The van der Waals surface area contributed by atoms with Crippen molar-refractivity contribution < 1.29 is 9.59 Å². The average Bonchev–Trinajstić information content (AvgIpc) is 2.45. The zero-order chi connectivity index (χ0) is 15.1. The molecule has 4 nitrogen and oxygen atoms in total. The van der Waals surface area contributed by atoms with Crippen LogP contribution in [0.4, 0.5) is 0 Å². The van der Waals surface area contributed by atoms with E-state index in [4.69, 9.17) is 0 Å². The van der Waals surface area contributed by atoms with Crippen LogP contribution in [-0.4, -0.2) is 17.9 Å². The molecule has 0 saturated carbocycles. The van der Waals surface area contributed by atoms with Crippen molar-refractivity contribution in [1.82, 2.24) is 5.43 Å². The van der Waals surface area contributed by atoms with E-state index < -0.39 is 11.7 Å². The Morgan fingerprint density at radius 3 is 2.15 bits per heavy atom. The molecule has 0 radical (unpaired) electrons. The van der Waals surface area contributed by atoms with Gasteiger partial charge in [-0.25, -0.2) is 5.43 Å². The van der Waals surface area contributed by atoms with Gasteiger partial charge in [0.15, 0.2) is 0 Å². The minimum Gasteiger partial charge on any atom is -0.283 e. The molecular formula is C16H22N2O2. The Bertz CT molecular complexity index is 508. The Kier molecular flexibility index (Phi) is 6.10. The van der Waals surface area contributed by atoms with Crippen molar-refractivity contribution in [3.8, 4) is 0 Å². The molecule has 0 spiro atoms. The van der Waals surface area contributed by atoms with Crippen molar-refractivity contribution in [1.29, 1.82) is 0 Å². The van der Waals surface area contributed by atoms with Crippen LogP contribution in [0.25, 0.3) is 0 Å². The van der Waals surface area contributed by atoms with Gasteiger partial charge in [0, 0.05) is 11.8 Å². The molecule has 0 bridgehead atoms. The molecule has 0 aliphatic rings. The third kappa shape index (κ3) is 3.76. The predicted molar refractivity (Wildman–Crippen MR) is 81.2 cm³/mol. The van der Waals surface area contributed by atoms with Gasteiger partial charge < -0.3 is 0 Å². The minimum atomic E-state index is -0.678. The average molecular weight is 274 g/mol. The zero-order valence-corrected chi connectivity index (χ0v) is 12.6. The number of rotatable bonds is 6. The first-order valence-electron chi connectivity index (χ1n) is 7.03. The van der Waals surface area contributed by atoms with Gasteiger partial charge in [-0.05, 0) is 37.3 Å². The Balaban J connectivity index is 3.14. The number of amides is 1. The smallest absolute Gasteiger partial charge is 0.283 e. The summed E-state index contributed by atoms with van der Waals surface area (Å²) in [6, 6.07) is 3.93. The first kappa shape index (κ1) is 16.1. The highest BCUT2D eigenvalue weighted by Crippen LogP contribution is 2.20. The van der Waals surface area contributed by atoms with E-state index in [9.17, 15) is 9.59 Å². The van der Waals surface area contributed by atoms with Crippen LogP contribution in [0, 0.1) is 6.92 Å². The molecule has 4 heteroatoms. The molecule has 0 fully saturated rings. The van der Waals surface area contributed by atoms with E-state index in [0.717, 1.165) is 29.5 Å². The number of aryl methyl sites for hydroxylation is 3. The van der Waals surface area contributed by atoms with Gasteiger partial charge in [0.2, 0.25) is 0 Å². The third-order valence-corrected chi connectivity index (χ3v) is 3.08. The van der Waals surface area contributed by atoms with Crippen molar-refractivity contribution in [2.24, 2.45) is 5.10 Å². The number of Topliss-reactive ketones (excluding diaryl/α,β-unsaturated/α-hetero) is 1. The van der Waals surface area contributed by atoms with Crippen LogP contribution in [0.3, 0.4) is 0 Å². The summed E-state index contributed by atoms with van der Waals surface area (Å²) in [6.45, 7) is 7.87. The van der Waals surface area contributed by atoms with Crippen molar-refractivity contribution in [3.63, 3.8) is 0 Å². The number of nitrogens with one attached hydrogen (secondary N) is 1. The molecular weight excluding hydrogens is 252 g/mol. The second-order valence-corrected chi connectivity index (χ2v) is 4.66. The van der Waals surface area contributed by atoms with E-state index in [0.29, 0.717) is 12.0 Å². The van der Waals surface area contributed by atoms with E-state index >= 15 is 0 Å². The van der Waals surface area contributed by atoms with Gasteiger partial charge in [0.25, 0.3) is 5.78 Å². The number of nitrogens with zero attached hydrogens (tertiary/aromatic N) is 1. The van der Waals surface area contributed by atoms with Gasteiger partial charge in [-0.1, -0.05) is 38.5 Å². The molecule has 1 aromatic rings. The summed E-state index contributed by atoms with van der Waals surface area (Å²) in [5, 5.41) is 3.72. The second-order valence-electron chi connectivity index (χ2n) is 4.66. The number of hydrogen-bond acceptors (Lipinski definition) is 3. The van der Waals surface area contributed by atoms with Crippen molar-refractivity contribution in [3.05, 3.63) is 34.4 Å². The zero-order valence-electron chi connectivity index (χ0n) is 12.6. The normalized spacial score (nSPS) is 10.8. The maximum atomic E-state index is 12.3. The maximum absolute atomic E-state index is 12.3. The lowest BCUT2D eigenvalue weighted by molar-refractivity contribution is -0.117. The number of hydrogen-bond donors (Lipinski definition) is 1. The lowest BCUT2D eigenvalue weighted by Gasteiger charge is -2.12. The van der Waals surface area contributed by atoms with Crippen LogP contribution in [0.1, 0.15) is 54.2 Å². The van der Waals surface area contributed by atoms with Crippen LogP contribution >= 0.6 is 0 Å². The molecule has 0 saturated heterocycles. The van der Waals surface area contributed by atoms with Gasteiger partial charge in [-0.2, -0.15) is 5.10 Å². The molecule has 0 unspecified atom stereocenters. The van der Waals surface area contributed by atoms with Crippen LogP contribution < -0.4 is 5.43 Å². The first-order valence-corrected chi connectivity index (χ1v) is 7.03. The standard InChI is InChI=1S/C16H22N2O2/c1-5-8-17-18-16(20)15(19)14-12(6-2)9-11(4)10-13(14)7-3/h8-10H,5-7H2,1-4H3,(H,18,20). The summed E-state index contributed by atoms with van der Waals surface area (Å²) in [6.07, 6.45) is 3.71. The molecule has 0 atom stereocenters. The highest BCUT2D eigenvalue weighted by molar-refractivity contribution is 6.43. The van der Waals surface area contributed by atoms with E-state index in [-0.39, 0.29) is 0 Å². The van der Waals surface area contributed by atoms with E-state index in [1.54, 1.807) is 6.21 Å². The molecule has 0 aliphatic heterocycles. The SMILES string of the molecule is CCC=NNC(=O)C(=O)c1c(CC)cc(C)cc1CC. The highest BCUT2D eigenvalue weighted by atomic mass is 16.2. The first-order chi connectivity index (χ1) is 9.54. The molecule has 1 amide bonds. The van der Waals surface area contributed by atoms with E-state index in [2.05, 4.69) is 10.5 Å². The Labute approximate surface area is 120 Å². The van der Waals surface area contributed by atoms with Crippen LogP contribution in [0.5, 0.6) is 0 Å². The lowest BCUT2D eigenvalue weighted by Crippen LogP contribution is -2.28. The number of hydrazone groups is 1. The monoisotopic (exact) mass is 274 g/mol. The fraction of sp³-hybridized carbons (Fsp3) is 0.438. The van der Waals surface area contributed by atoms with E-state index in [1.165, 1.54) is 0 Å². The minimum absolute atomic E-state index is 0.507. The van der Waals surface area contributed by atoms with Crippen molar-refractivity contribution in [2.75, 3.05) is 0 Å².